The van der Waals surface area contributed by atoms with E-state index in [-0.39, 0.29) is 29.9 Å². The van der Waals surface area contributed by atoms with Gasteiger partial charge in [0.15, 0.2) is 14.4 Å². The topological polar surface area (TPSA) is 92.3 Å². The second kappa shape index (κ2) is 22.3. The summed E-state index contributed by atoms with van der Waals surface area (Å²) in [6.07, 6.45) is -12.8. The number of methoxy groups -OCH3 is 1. The smallest absolute Gasteiger partial charge is 0.460 e. The molecule has 0 aromatic heterocycles. The predicted octanol–water partition coefficient (Wildman–Crippen LogP) is 13.7. The van der Waals surface area contributed by atoms with Crippen molar-refractivity contribution in [1.29, 1.82) is 0 Å². The van der Waals surface area contributed by atoms with E-state index in [4.69, 9.17) is 23.4 Å². The van der Waals surface area contributed by atoms with Gasteiger partial charge in [0.2, 0.25) is 0 Å². The number of amides is 1. The Morgan fingerprint density at radius 2 is 1.22 bits per heavy atom. The van der Waals surface area contributed by atoms with Crippen LogP contribution in [0.3, 0.4) is 0 Å². The summed E-state index contributed by atoms with van der Waals surface area (Å²) in [6, 6.07) is 6.12. The zero-order valence-electron chi connectivity index (χ0n) is 37.2. The number of anilines is 1. The molecule has 0 saturated heterocycles. The van der Waals surface area contributed by atoms with E-state index in [1.165, 1.54) is 72.1 Å². The maximum atomic E-state index is 15.0. The first-order valence-electron chi connectivity index (χ1n) is 20.1. The van der Waals surface area contributed by atoms with Crippen LogP contribution >= 0.6 is 0 Å². The summed E-state index contributed by atoms with van der Waals surface area (Å²) in [5, 5.41) is 2.11. The number of alkyl halides is 17. The summed E-state index contributed by atoms with van der Waals surface area (Å²) in [5.41, 5.74) is -2.00. The van der Waals surface area contributed by atoms with Crippen molar-refractivity contribution in [2.45, 2.75) is 131 Å². The lowest BCUT2D eigenvalue weighted by atomic mass is 9.88. The highest BCUT2D eigenvalue weighted by Crippen LogP contribution is 2.64. The van der Waals surface area contributed by atoms with Gasteiger partial charge in [-0.05, 0) is 67.2 Å². The first kappa shape index (κ1) is 60.6. The van der Waals surface area contributed by atoms with E-state index >= 15 is 8.78 Å². The number of ether oxygens (including phenoxy) is 4. The number of nitrogens with one attached hydrogen (secondary N) is 1. The molecule has 0 aliphatic rings. The van der Waals surface area contributed by atoms with E-state index in [1.807, 2.05) is 0 Å². The highest BCUT2D eigenvalue weighted by molar-refractivity contribution is 6.76. The molecule has 0 unspecified atom stereocenters. The van der Waals surface area contributed by atoms with Crippen LogP contribution in [0.4, 0.5) is 93.9 Å². The van der Waals surface area contributed by atoms with Gasteiger partial charge in [0.1, 0.15) is 30.1 Å². The van der Waals surface area contributed by atoms with Gasteiger partial charge in [0, 0.05) is 25.2 Å². The number of hydrogen-bond donors (Lipinski definition) is 1. The van der Waals surface area contributed by atoms with Crippen LogP contribution < -0.4 is 10.1 Å². The lowest BCUT2D eigenvalue weighted by Crippen LogP contribution is -2.74. The normalized spacial score (nSPS) is 15.0. The van der Waals surface area contributed by atoms with Crippen molar-refractivity contribution in [2.75, 3.05) is 32.2 Å². The van der Waals surface area contributed by atoms with Gasteiger partial charge >= 0.3 is 59.7 Å². The molecule has 0 aliphatic carbocycles. The molecule has 28 heteroatoms. The minimum Gasteiger partial charge on any atom is -0.491 e. The van der Waals surface area contributed by atoms with Gasteiger partial charge in [-0.1, -0.05) is 45.9 Å². The molecule has 394 valence electrons. The van der Waals surface area contributed by atoms with E-state index in [0.29, 0.717) is 6.07 Å². The fourth-order valence-electron chi connectivity index (χ4n) is 6.67. The standard InChI is InChI=1S/C41H46F19NO7Si/c1-8-65-32(62)24(6)9-16-30(64-7)31(68-33(63)61-29-15-12-26(42)21-28(29)43)25-10-13-27(14-11-25)66-18-19-67-69(22(2)3,23(4)5)20-17-34(44,45)35(46,47)36(48,49)37(50,51)38(52,53)39(54,55)40(56,57)41(58,59)60/h9-15,21-23,30-31H,8,16-20H2,1-7H3,(H,61,63)/b24-9+/t30-,31-/m1/s1. The van der Waals surface area contributed by atoms with Crippen molar-refractivity contribution >= 4 is 26.1 Å². The third-order valence-corrected chi connectivity index (χ3v) is 16.5. The highest BCUT2D eigenvalue weighted by Gasteiger charge is 2.95. The zero-order chi connectivity index (χ0) is 53.6. The fraction of sp³-hybridized carbons (Fsp3) is 0.610. The number of halogens is 19. The van der Waals surface area contributed by atoms with E-state index in [1.54, 1.807) is 6.92 Å². The van der Waals surface area contributed by atoms with Crippen LogP contribution in [-0.2, 0) is 23.4 Å². The molecule has 0 bridgehead atoms. The van der Waals surface area contributed by atoms with Crippen LogP contribution in [0.15, 0.2) is 54.1 Å². The summed E-state index contributed by atoms with van der Waals surface area (Å²) in [6.45, 7) is 7.09. The lowest BCUT2D eigenvalue weighted by Gasteiger charge is -2.44. The Kier molecular flexibility index (Phi) is 19.6. The lowest BCUT2D eigenvalue weighted by molar-refractivity contribution is -0.461. The second-order valence-electron chi connectivity index (χ2n) is 15.9. The Bertz CT molecular complexity index is 2060. The Balaban J connectivity index is 2.36. The molecule has 69 heavy (non-hydrogen) atoms. The molecule has 0 saturated carbocycles. The van der Waals surface area contributed by atoms with Crippen molar-refractivity contribution in [2.24, 2.45) is 0 Å². The van der Waals surface area contributed by atoms with E-state index in [9.17, 15) is 84.2 Å². The Morgan fingerprint density at radius 3 is 1.68 bits per heavy atom. The molecule has 2 aromatic carbocycles. The SMILES string of the molecule is CCOC(=O)/C(C)=C/C[C@@H](OC)[C@H](OC(=O)Nc1ccc(F)cc1F)c1ccc(OCCO[Si](CCC(F)(F)C(F)(F)C(F)(F)C(F)(F)C(F)(F)C(F)(F)C(F)(F)C(F)(F)F)(C(C)C)C(C)C)cc1. The van der Waals surface area contributed by atoms with Gasteiger partial charge in [0.05, 0.1) is 18.9 Å². The van der Waals surface area contributed by atoms with Crippen LogP contribution in [0.2, 0.25) is 17.1 Å². The molecule has 0 spiro atoms. The molecule has 0 radical (unpaired) electrons. The van der Waals surface area contributed by atoms with Crippen molar-refractivity contribution in [3.63, 3.8) is 0 Å². The van der Waals surface area contributed by atoms with Gasteiger partial charge in [-0.2, -0.15) is 74.6 Å². The summed E-state index contributed by atoms with van der Waals surface area (Å²) >= 11 is 0. The molecule has 0 heterocycles. The number of benzene rings is 2. The molecule has 1 amide bonds. The average Bonchev–Trinajstić information content (AvgIpc) is 3.23. The van der Waals surface area contributed by atoms with Gasteiger partial charge in [-0.3, -0.25) is 5.32 Å². The molecule has 1 N–H and O–H groups in total. The fourth-order valence-corrected chi connectivity index (χ4v) is 11.1. The summed E-state index contributed by atoms with van der Waals surface area (Å²) in [7, 11) is -2.85. The number of esters is 1. The largest absolute Gasteiger partial charge is 0.491 e. The average molecular weight is 1050 g/mol. The molecular weight excluding hydrogens is 1010 g/mol. The Labute approximate surface area is 382 Å². The summed E-state index contributed by atoms with van der Waals surface area (Å²) in [5.74, 6) is -59.8. The number of rotatable bonds is 25. The van der Waals surface area contributed by atoms with Crippen molar-refractivity contribution in [3.8, 4) is 5.75 Å². The van der Waals surface area contributed by atoms with Crippen LogP contribution in [0.5, 0.6) is 5.75 Å². The van der Waals surface area contributed by atoms with Crippen molar-refractivity contribution < 1.29 is 116 Å². The minimum atomic E-state index is -8.73. The van der Waals surface area contributed by atoms with Crippen LogP contribution in [-0.4, -0.2) is 101 Å². The van der Waals surface area contributed by atoms with Crippen LogP contribution in [0.25, 0.3) is 0 Å². The highest BCUT2D eigenvalue weighted by atomic mass is 28.4. The van der Waals surface area contributed by atoms with E-state index in [0.717, 1.165) is 12.1 Å². The van der Waals surface area contributed by atoms with Gasteiger partial charge < -0.3 is 23.4 Å². The van der Waals surface area contributed by atoms with E-state index in [2.05, 4.69) is 5.32 Å². The third-order valence-electron chi connectivity index (χ3n) is 10.8. The van der Waals surface area contributed by atoms with Crippen LogP contribution in [0, 0.1) is 11.6 Å². The third kappa shape index (κ3) is 12.5. The molecule has 8 nitrogen and oxygen atoms in total. The molecule has 0 aliphatic heterocycles. The summed E-state index contributed by atoms with van der Waals surface area (Å²) in [4.78, 5) is 25.1. The molecular formula is C41H46F19NO7Si. The first-order valence-corrected chi connectivity index (χ1v) is 22.4. The predicted molar refractivity (Wildman–Crippen MR) is 209 cm³/mol. The quantitative estimate of drug-likeness (QED) is 0.0348. The number of carbonyl (C=O) groups excluding carboxylic acids is 2. The maximum Gasteiger partial charge on any atom is 0.460 e. The minimum absolute atomic E-state index is 0.0111. The molecule has 2 atom stereocenters. The monoisotopic (exact) mass is 1050 g/mol. The van der Waals surface area contributed by atoms with E-state index < -0.39 is 134 Å². The molecule has 2 rings (SSSR count). The molecule has 0 fully saturated rings. The van der Waals surface area contributed by atoms with Gasteiger partial charge in [-0.15, -0.1) is 0 Å². The van der Waals surface area contributed by atoms with Crippen molar-refractivity contribution in [1.82, 2.24) is 0 Å². The summed E-state index contributed by atoms with van der Waals surface area (Å²) < 4.78 is 291. The van der Waals surface area contributed by atoms with Crippen LogP contribution in [0.1, 0.15) is 66.1 Å². The number of carbonyl (C=O) groups is 2. The number of hydrogen-bond acceptors (Lipinski definition) is 7. The second-order valence-corrected chi connectivity index (χ2v) is 20.9. The molecule has 2 aromatic rings. The van der Waals surface area contributed by atoms with Crippen molar-refractivity contribution in [3.05, 3.63) is 71.3 Å². The zero-order valence-corrected chi connectivity index (χ0v) is 38.2. The maximum absolute atomic E-state index is 15.0. The van der Waals surface area contributed by atoms with Gasteiger partial charge in [-0.25, -0.2) is 18.4 Å². The Hall–Kier alpha value is -4.47. The van der Waals surface area contributed by atoms with Gasteiger partial charge in [0.25, 0.3) is 0 Å². The first-order chi connectivity index (χ1) is 31.3. The Morgan fingerprint density at radius 1 is 0.710 bits per heavy atom.